The Labute approximate surface area is 183 Å². The van der Waals surface area contributed by atoms with Gasteiger partial charge in [0.05, 0.1) is 38.5 Å². The summed E-state index contributed by atoms with van der Waals surface area (Å²) in [7, 11) is 0. The molecular formula is C23H34N4O4. The highest BCUT2D eigenvalue weighted by Gasteiger charge is 2.52. The molecule has 0 spiro atoms. The second kappa shape index (κ2) is 8.19. The molecule has 4 bridgehead atoms. The Morgan fingerprint density at radius 1 is 1.23 bits per heavy atom. The Kier molecular flexibility index (Phi) is 5.52. The van der Waals surface area contributed by atoms with Gasteiger partial charge in [-0.25, -0.2) is 0 Å². The molecule has 0 aromatic carbocycles. The summed E-state index contributed by atoms with van der Waals surface area (Å²) in [6.07, 6.45) is 8.00. The van der Waals surface area contributed by atoms with Crippen LogP contribution >= 0.6 is 0 Å². The topological polar surface area (TPSA) is 95.3 Å². The van der Waals surface area contributed by atoms with Crippen LogP contribution in [-0.4, -0.2) is 53.2 Å². The maximum absolute atomic E-state index is 12.9. The molecule has 1 saturated heterocycles. The summed E-state index contributed by atoms with van der Waals surface area (Å²) in [5, 5.41) is 11.1. The van der Waals surface area contributed by atoms with E-state index < -0.39 is 0 Å². The number of hydrogen-bond acceptors (Lipinski definition) is 6. The molecule has 1 N–H and O–H groups in total. The second-order valence-electron chi connectivity index (χ2n) is 10.7. The van der Waals surface area contributed by atoms with Gasteiger partial charge in [-0.15, -0.1) is 5.10 Å². The molecule has 8 heteroatoms. The molecule has 6 rings (SSSR count). The van der Waals surface area contributed by atoms with E-state index >= 15 is 0 Å². The lowest BCUT2D eigenvalue weighted by molar-refractivity contribution is -0.157. The molecule has 5 fully saturated rings. The quantitative estimate of drug-likeness (QED) is 0.636. The summed E-state index contributed by atoms with van der Waals surface area (Å²) in [6.45, 7) is 6.72. The van der Waals surface area contributed by atoms with Crippen molar-refractivity contribution >= 4 is 11.9 Å². The van der Waals surface area contributed by atoms with Crippen molar-refractivity contribution in [3.8, 4) is 0 Å². The largest absolute Gasteiger partial charge is 0.466 e. The van der Waals surface area contributed by atoms with E-state index in [9.17, 15) is 9.59 Å². The molecule has 31 heavy (non-hydrogen) atoms. The maximum atomic E-state index is 12.9. The normalized spacial score (nSPS) is 33.5. The van der Waals surface area contributed by atoms with Crippen LogP contribution in [0, 0.1) is 40.9 Å². The fourth-order valence-corrected chi connectivity index (χ4v) is 6.96. The van der Waals surface area contributed by atoms with E-state index in [0.29, 0.717) is 50.7 Å². The fraction of sp³-hybridized carbons (Fsp3) is 0.826. The summed E-state index contributed by atoms with van der Waals surface area (Å²) in [6, 6.07) is 0. The van der Waals surface area contributed by atoms with Crippen molar-refractivity contribution in [2.75, 3.05) is 26.4 Å². The van der Waals surface area contributed by atoms with Gasteiger partial charge in [-0.3, -0.25) is 14.3 Å². The molecule has 1 aromatic rings. The Balaban J connectivity index is 1.24. The predicted octanol–water partition coefficient (Wildman–Crippen LogP) is 2.30. The number of rotatable bonds is 8. The third-order valence-corrected chi connectivity index (χ3v) is 8.05. The average Bonchev–Trinajstić information content (AvgIpc) is 3.16. The van der Waals surface area contributed by atoms with Crippen molar-refractivity contribution in [2.45, 2.75) is 52.5 Å². The van der Waals surface area contributed by atoms with Crippen LogP contribution in [0.3, 0.4) is 0 Å². The van der Waals surface area contributed by atoms with Gasteiger partial charge in [0.25, 0.3) is 5.91 Å². The van der Waals surface area contributed by atoms with Gasteiger partial charge in [0.1, 0.15) is 0 Å². The molecule has 4 saturated carbocycles. The van der Waals surface area contributed by atoms with E-state index in [1.165, 1.54) is 32.1 Å². The van der Waals surface area contributed by atoms with Gasteiger partial charge in [0.2, 0.25) is 0 Å². The Morgan fingerprint density at radius 3 is 2.48 bits per heavy atom. The zero-order chi connectivity index (χ0) is 21.6. The Bertz CT molecular complexity index is 805. The molecular weight excluding hydrogens is 396 g/mol. The molecule has 1 aromatic heterocycles. The molecule has 1 atom stereocenters. The maximum Gasteiger partial charge on any atom is 0.311 e. The van der Waals surface area contributed by atoms with Crippen molar-refractivity contribution in [2.24, 2.45) is 40.9 Å². The first-order chi connectivity index (χ1) is 14.9. The van der Waals surface area contributed by atoms with Crippen LogP contribution < -0.4 is 5.32 Å². The van der Waals surface area contributed by atoms with Crippen molar-refractivity contribution in [1.82, 2.24) is 20.3 Å². The minimum atomic E-state index is -0.278. The van der Waals surface area contributed by atoms with E-state index in [2.05, 4.69) is 22.6 Å². The summed E-state index contributed by atoms with van der Waals surface area (Å²) in [5.41, 5.74) is 0.340. The third kappa shape index (κ3) is 4.11. The first-order valence-electron chi connectivity index (χ1n) is 11.9. The highest BCUT2D eigenvalue weighted by atomic mass is 16.5. The van der Waals surface area contributed by atoms with Crippen LogP contribution in [0.5, 0.6) is 0 Å². The van der Waals surface area contributed by atoms with Gasteiger partial charge in [-0.1, -0.05) is 12.1 Å². The number of nitrogens with one attached hydrogen (secondary N) is 1. The summed E-state index contributed by atoms with van der Waals surface area (Å²) in [5.74, 6) is 2.47. The monoisotopic (exact) mass is 430 g/mol. The van der Waals surface area contributed by atoms with Crippen LogP contribution in [0.15, 0.2) is 6.20 Å². The summed E-state index contributed by atoms with van der Waals surface area (Å²) in [4.78, 5) is 25.7. The number of esters is 1. The minimum absolute atomic E-state index is 0.0515. The second-order valence-corrected chi connectivity index (χ2v) is 10.7. The molecule has 0 radical (unpaired) electrons. The van der Waals surface area contributed by atoms with Gasteiger partial charge in [0, 0.05) is 12.0 Å². The van der Waals surface area contributed by atoms with Crippen LogP contribution in [0.4, 0.5) is 0 Å². The molecule has 1 aliphatic heterocycles. The molecule has 5 aliphatic rings. The summed E-state index contributed by atoms with van der Waals surface area (Å²) < 4.78 is 12.4. The first-order valence-corrected chi connectivity index (χ1v) is 11.9. The van der Waals surface area contributed by atoms with E-state index in [0.717, 1.165) is 11.8 Å². The van der Waals surface area contributed by atoms with E-state index in [4.69, 9.17) is 9.47 Å². The van der Waals surface area contributed by atoms with Gasteiger partial charge >= 0.3 is 5.97 Å². The lowest BCUT2D eigenvalue weighted by Gasteiger charge is -2.56. The number of ether oxygens (including phenoxy) is 2. The molecule has 4 aliphatic carbocycles. The minimum Gasteiger partial charge on any atom is -0.466 e. The van der Waals surface area contributed by atoms with Crippen molar-refractivity contribution < 1.29 is 19.1 Å². The SMILES string of the molecule is CCOC(=O)[C@@H](CNC(=O)c1cn(CC2(C)COC2)nn1)C1C2CC3CC(C2)CC1C3. The predicted molar refractivity (Wildman–Crippen MR) is 112 cm³/mol. The van der Waals surface area contributed by atoms with Crippen molar-refractivity contribution in [3.05, 3.63) is 11.9 Å². The highest BCUT2D eigenvalue weighted by molar-refractivity contribution is 5.92. The highest BCUT2D eigenvalue weighted by Crippen LogP contribution is 2.58. The van der Waals surface area contributed by atoms with Crippen LogP contribution in [0.1, 0.15) is 56.4 Å². The zero-order valence-electron chi connectivity index (χ0n) is 18.6. The zero-order valence-corrected chi connectivity index (χ0v) is 18.6. The van der Waals surface area contributed by atoms with Crippen molar-refractivity contribution in [1.29, 1.82) is 0 Å². The Morgan fingerprint density at radius 2 is 1.90 bits per heavy atom. The standard InChI is InChI=1S/C23H34N4O4/c1-3-31-22(29)18(20-16-5-14-4-15(7-16)8-17(20)6-14)9-24-21(28)19-10-27(26-25-19)11-23(2)12-30-13-23/h10,14-18,20H,3-9,11-13H2,1-2H3,(H,24,28)/t14?,15?,16?,17?,18-,20?/m0/s1. The third-order valence-electron chi connectivity index (χ3n) is 8.05. The number of hydrogen-bond donors (Lipinski definition) is 1. The van der Waals surface area contributed by atoms with E-state index in [-0.39, 0.29) is 28.9 Å². The van der Waals surface area contributed by atoms with E-state index in [1.54, 1.807) is 10.9 Å². The smallest absolute Gasteiger partial charge is 0.311 e. The first kappa shape index (κ1) is 20.9. The summed E-state index contributed by atoms with van der Waals surface area (Å²) >= 11 is 0. The molecule has 1 amide bonds. The number of amides is 1. The number of aromatic nitrogens is 3. The average molecular weight is 431 g/mol. The van der Waals surface area contributed by atoms with Gasteiger partial charge in [-0.2, -0.15) is 0 Å². The van der Waals surface area contributed by atoms with Crippen LogP contribution in [0.25, 0.3) is 0 Å². The number of nitrogens with zero attached hydrogens (tertiary/aromatic N) is 3. The van der Waals surface area contributed by atoms with Crippen LogP contribution in [0.2, 0.25) is 0 Å². The van der Waals surface area contributed by atoms with Crippen LogP contribution in [-0.2, 0) is 20.8 Å². The fourth-order valence-electron chi connectivity index (χ4n) is 6.96. The number of carbonyl (C=O) groups excluding carboxylic acids is 2. The molecule has 2 heterocycles. The Hall–Kier alpha value is -1.96. The molecule has 0 unspecified atom stereocenters. The van der Waals surface area contributed by atoms with Gasteiger partial charge in [-0.05, 0) is 68.6 Å². The van der Waals surface area contributed by atoms with Gasteiger partial charge < -0.3 is 14.8 Å². The lowest BCUT2D eigenvalue weighted by Crippen LogP contribution is -2.51. The number of carbonyl (C=O) groups is 2. The van der Waals surface area contributed by atoms with Crippen molar-refractivity contribution in [3.63, 3.8) is 0 Å². The van der Waals surface area contributed by atoms with E-state index in [1.807, 2.05) is 6.92 Å². The molecule has 8 nitrogen and oxygen atoms in total. The lowest BCUT2D eigenvalue weighted by atomic mass is 9.49. The van der Waals surface area contributed by atoms with Gasteiger partial charge in [0.15, 0.2) is 5.69 Å². The molecule has 170 valence electrons.